The summed E-state index contributed by atoms with van der Waals surface area (Å²) in [5, 5.41) is 15.6. The molecule has 1 aromatic heterocycles. The van der Waals surface area contributed by atoms with Crippen LogP contribution in [0.25, 0.3) is 11.3 Å². The molecule has 0 aliphatic heterocycles. The first-order valence-electron chi connectivity index (χ1n) is 8.59. The van der Waals surface area contributed by atoms with Gasteiger partial charge in [0.1, 0.15) is 0 Å². The highest BCUT2D eigenvalue weighted by molar-refractivity contribution is 5.89. The monoisotopic (exact) mass is 388 g/mol. The van der Waals surface area contributed by atoms with E-state index < -0.39 is 11.9 Å². The Morgan fingerprint density at radius 1 is 1.14 bits per heavy atom. The van der Waals surface area contributed by atoms with Crippen molar-refractivity contribution in [2.24, 2.45) is 5.73 Å². The van der Waals surface area contributed by atoms with E-state index in [4.69, 9.17) is 25.4 Å². The number of carboxylic acids is 2. The molecule has 8 heteroatoms. The van der Waals surface area contributed by atoms with E-state index in [0.29, 0.717) is 12.2 Å². The zero-order chi connectivity index (χ0) is 20.8. The van der Waals surface area contributed by atoms with Crippen molar-refractivity contribution in [2.45, 2.75) is 25.9 Å². The van der Waals surface area contributed by atoms with Gasteiger partial charge >= 0.3 is 11.9 Å². The van der Waals surface area contributed by atoms with Crippen LogP contribution in [0.4, 0.5) is 0 Å². The van der Waals surface area contributed by atoms with E-state index in [1.54, 1.807) is 14.2 Å². The third kappa shape index (κ3) is 4.92. The molecule has 1 heterocycles. The van der Waals surface area contributed by atoms with Gasteiger partial charge in [0.2, 0.25) is 0 Å². The van der Waals surface area contributed by atoms with Gasteiger partial charge in [-0.2, -0.15) is 0 Å². The third-order valence-corrected chi connectivity index (χ3v) is 4.15. The maximum Gasteiger partial charge on any atom is 0.328 e. The summed E-state index contributed by atoms with van der Waals surface area (Å²) in [6, 6.07) is 6.45. The number of nitrogens with two attached hydrogens (primary N) is 1. The molecule has 0 radical (unpaired) electrons. The van der Waals surface area contributed by atoms with E-state index in [9.17, 15) is 9.59 Å². The Balaban J connectivity index is 0.000000300. The number of hydrogen-bond acceptors (Lipinski definition) is 5. The second kappa shape index (κ2) is 9.09. The van der Waals surface area contributed by atoms with Crippen LogP contribution in [0.5, 0.6) is 11.5 Å². The Hall–Kier alpha value is -3.26. The molecule has 4 N–H and O–H groups in total. The first-order valence-corrected chi connectivity index (χ1v) is 8.59. The molecule has 0 saturated carbocycles. The first-order chi connectivity index (χ1) is 13.3. The number of methoxy groups -OCH3 is 2. The summed E-state index contributed by atoms with van der Waals surface area (Å²) in [7, 11) is 3.34. The summed E-state index contributed by atoms with van der Waals surface area (Å²) in [5.74, 6) is -0.956. The number of hydrogen-bond donors (Lipinski definition) is 3. The molecule has 1 aromatic carbocycles. The minimum Gasteiger partial charge on any atom is -0.493 e. The lowest BCUT2D eigenvalue weighted by Gasteiger charge is -2.14. The molecule has 0 saturated heterocycles. The molecular formula is C20H24N2O6. The number of aromatic nitrogens is 1. The minimum absolute atomic E-state index is 0.135. The average molecular weight is 388 g/mol. The predicted octanol–water partition coefficient (Wildman–Crippen LogP) is 2.14. The summed E-state index contributed by atoms with van der Waals surface area (Å²) in [4.78, 5) is 19.1. The van der Waals surface area contributed by atoms with Crippen LogP contribution in [0.1, 0.15) is 18.1 Å². The van der Waals surface area contributed by atoms with Gasteiger partial charge in [0.05, 0.1) is 19.9 Å². The fourth-order valence-corrected chi connectivity index (χ4v) is 3.09. The predicted molar refractivity (Wildman–Crippen MR) is 104 cm³/mol. The number of nitrogens with zero attached hydrogens (tertiary/aromatic N) is 1. The van der Waals surface area contributed by atoms with Crippen molar-refractivity contribution in [3.63, 3.8) is 0 Å². The first kappa shape index (κ1) is 21.0. The van der Waals surface area contributed by atoms with E-state index >= 15 is 0 Å². The van der Waals surface area contributed by atoms with Crippen LogP contribution in [-0.4, -0.2) is 47.0 Å². The molecule has 0 amide bonds. The molecule has 0 bridgehead atoms. The summed E-state index contributed by atoms with van der Waals surface area (Å²) in [5.41, 5.74) is 11.0. The molecule has 1 aliphatic rings. The van der Waals surface area contributed by atoms with E-state index in [-0.39, 0.29) is 6.04 Å². The second-order valence-corrected chi connectivity index (χ2v) is 6.37. The zero-order valence-electron chi connectivity index (χ0n) is 16.0. The second-order valence-electron chi connectivity index (χ2n) is 6.37. The molecule has 28 heavy (non-hydrogen) atoms. The number of fused-ring (bicyclic) bond motifs is 3. The number of benzene rings is 1. The topological polar surface area (TPSA) is 124 Å². The van der Waals surface area contributed by atoms with Crippen LogP contribution in [0, 0.1) is 0 Å². The molecule has 1 atom stereocenters. The third-order valence-electron chi connectivity index (χ3n) is 4.15. The fourth-order valence-electron chi connectivity index (χ4n) is 3.09. The van der Waals surface area contributed by atoms with Crippen molar-refractivity contribution in [2.75, 3.05) is 14.2 Å². The zero-order valence-corrected chi connectivity index (χ0v) is 16.0. The molecule has 8 nitrogen and oxygen atoms in total. The molecule has 2 aromatic rings. The van der Waals surface area contributed by atoms with Crippen LogP contribution in [0.15, 0.2) is 36.5 Å². The van der Waals surface area contributed by atoms with Crippen molar-refractivity contribution in [1.82, 2.24) is 4.57 Å². The van der Waals surface area contributed by atoms with Gasteiger partial charge in [0, 0.05) is 42.9 Å². The van der Waals surface area contributed by atoms with Crippen molar-refractivity contribution in [1.29, 1.82) is 0 Å². The average Bonchev–Trinajstić information content (AvgIpc) is 3.18. The summed E-state index contributed by atoms with van der Waals surface area (Å²) < 4.78 is 13.0. The van der Waals surface area contributed by atoms with E-state index in [0.717, 1.165) is 24.5 Å². The van der Waals surface area contributed by atoms with Crippen LogP contribution >= 0.6 is 0 Å². The van der Waals surface area contributed by atoms with Crippen molar-refractivity contribution < 1.29 is 29.3 Å². The maximum absolute atomic E-state index is 9.55. The molecule has 3 rings (SSSR count). The van der Waals surface area contributed by atoms with E-state index in [1.165, 1.54) is 22.4 Å². The number of aliphatic carboxylic acids is 2. The van der Waals surface area contributed by atoms with Gasteiger partial charge in [0.25, 0.3) is 0 Å². The molecule has 1 unspecified atom stereocenters. The highest BCUT2D eigenvalue weighted by atomic mass is 16.5. The summed E-state index contributed by atoms with van der Waals surface area (Å²) in [6.07, 6.45) is 4.18. The van der Waals surface area contributed by atoms with Crippen LogP contribution in [-0.2, 0) is 22.6 Å². The molecule has 0 fully saturated rings. The molecule has 1 aliphatic carbocycles. The fraction of sp³-hybridized carbons (Fsp3) is 0.300. The van der Waals surface area contributed by atoms with Gasteiger partial charge in [0.15, 0.2) is 11.5 Å². The van der Waals surface area contributed by atoms with Gasteiger partial charge in [-0.3, -0.25) is 0 Å². The lowest BCUT2D eigenvalue weighted by Crippen LogP contribution is -2.22. The van der Waals surface area contributed by atoms with Crippen molar-refractivity contribution in [3.8, 4) is 22.8 Å². The normalized spacial score (nSPS) is 12.6. The summed E-state index contributed by atoms with van der Waals surface area (Å²) in [6.45, 7) is 2.85. The SMILES string of the molecule is COc1cc2c(cc1OC)-c1c(ccn1CC(C)N)C2.O=C(O)C=CC(=O)O. The van der Waals surface area contributed by atoms with Gasteiger partial charge in [-0.25, -0.2) is 9.59 Å². The lowest BCUT2D eigenvalue weighted by atomic mass is 10.1. The van der Waals surface area contributed by atoms with Crippen molar-refractivity contribution >= 4 is 11.9 Å². The standard InChI is InChI=1S/C16H20N2O2.C4H4O4/c1-10(17)9-18-5-4-11-6-12-7-14(19-2)15(20-3)8-13(12)16(11)18;5-3(6)1-2-4(7)8/h4-5,7-8,10H,6,9,17H2,1-3H3;1-2H,(H,5,6)(H,7,8). The highest BCUT2D eigenvalue weighted by Gasteiger charge is 2.24. The summed E-state index contributed by atoms with van der Waals surface area (Å²) >= 11 is 0. The number of carboxylic acid groups (broad SMARTS) is 2. The number of ether oxygens (including phenoxy) is 2. The number of carbonyl (C=O) groups is 2. The van der Waals surface area contributed by atoms with Crippen LogP contribution < -0.4 is 15.2 Å². The Labute approximate surface area is 162 Å². The van der Waals surface area contributed by atoms with E-state index in [1.807, 2.05) is 6.92 Å². The minimum atomic E-state index is -1.26. The van der Waals surface area contributed by atoms with Gasteiger partial charge in [-0.05, 0) is 36.2 Å². The molecule has 0 spiro atoms. The van der Waals surface area contributed by atoms with Crippen LogP contribution in [0.2, 0.25) is 0 Å². The lowest BCUT2D eigenvalue weighted by molar-refractivity contribution is -0.134. The van der Waals surface area contributed by atoms with Crippen molar-refractivity contribution in [3.05, 3.63) is 47.7 Å². The van der Waals surface area contributed by atoms with E-state index in [2.05, 4.69) is 29.0 Å². The largest absolute Gasteiger partial charge is 0.493 e. The smallest absolute Gasteiger partial charge is 0.328 e. The molecular weight excluding hydrogens is 364 g/mol. The number of rotatable bonds is 6. The van der Waals surface area contributed by atoms with Gasteiger partial charge < -0.3 is 30.0 Å². The Morgan fingerprint density at radius 3 is 2.21 bits per heavy atom. The highest BCUT2D eigenvalue weighted by Crippen LogP contribution is 2.43. The Bertz CT molecular complexity index is 882. The van der Waals surface area contributed by atoms with Crippen LogP contribution in [0.3, 0.4) is 0 Å². The van der Waals surface area contributed by atoms with Gasteiger partial charge in [-0.1, -0.05) is 0 Å². The quantitative estimate of drug-likeness (QED) is 0.553. The Morgan fingerprint density at radius 2 is 1.71 bits per heavy atom. The molecule has 150 valence electrons. The van der Waals surface area contributed by atoms with Gasteiger partial charge in [-0.15, -0.1) is 0 Å². The Kier molecular flexibility index (Phi) is 6.84. The maximum atomic E-state index is 9.55.